The van der Waals surface area contributed by atoms with E-state index in [-0.39, 0.29) is 0 Å². The van der Waals surface area contributed by atoms with Crippen molar-refractivity contribution in [1.29, 1.82) is 0 Å². The van der Waals surface area contributed by atoms with Crippen molar-refractivity contribution in [3.63, 3.8) is 0 Å². The molecule has 3 atom stereocenters. The van der Waals surface area contributed by atoms with Gasteiger partial charge in [0.25, 0.3) is 0 Å². The largest absolute Gasteiger partial charge is 0.380 e. The fourth-order valence-electron chi connectivity index (χ4n) is 2.61. The minimum Gasteiger partial charge on any atom is -0.380 e. The van der Waals surface area contributed by atoms with Gasteiger partial charge < -0.3 is 10.2 Å². The Morgan fingerprint density at radius 1 is 1.26 bits per heavy atom. The summed E-state index contributed by atoms with van der Waals surface area (Å²) in [6.07, 6.45) is 1.10. The van der Waals surface area contributed by atoms with Crippen LogP contribution in [-0.2, 0) is 0 Å². The summed E-state index contributed by atoms with van der Waals surface area (Å²) in [6, 6.07) is 4.72. The van der Waals surface area contributed by atoms with Crippen LogP contribution in [0.25, 0.3) is 0 Å². The fraction of sp³-hybridized carbons (Fsp3) is 0.571. The maximum Gasteiger partial charge on any atom is 0.0722 e. The topological polar surface area (TPSA) is 15.3 Å². The van der Waals surface area contributed by atoms with E-state index in [1.807, 2.05) is 12.1 Å². The number of piperidine rings is 1. The van der Waals surface area contributed by atoms with Crippen LogP contribution in [0.4, 0.5) is 5.69 Å². The van der Waals surface area contributed by atoms with Crippen LogP contribution in [-0.4, -0.2) is 30.6 Å². The lowest BCUT2D eigenvalue weighted by Crippen LogP contribution is -2.48. The number of nitrogens with one attached hydrogen (secondary N) is 1. The van der Waals surface area contributed by atoms with Gasteiger partial charge in [0.2, 0.25) is 0 Å². The second-order valence-electron chi connectivity index (χ2n) is 5.50. The first-order chi connectivity index (χ1) is 8.88. The summed E-state index contributed by atoms with van der Waals surface area (Å²) in [4.78, 5) is 2.40. The number of rotatable bonds is 2. The minimum atomic E-state index is 0.405. The zero-order chi connectivity index (χ0) is 14.2. The molecule has 1 aliphatic heterocycles. The molecule has 106 valence electrons. The van der Waals surface area contributed by atoms with Gasteiger partial charge in [-0.15, -0.1) is 0 Å². The van der Waals surface area contributed by atoms with E-state index in [2.05, 4.69) is 47.0 Å². The van der Waals surface area contributed by atoms with Crippen molar-refractivity contribution >= 4 is 44.8 Å². The molecule has 0 aromatic heterocycles. The summed E-state index contributed by atoms with van der Waals surface area (Å²) in [5.74, 6) is 0.567. The van der Waals surface area contributed by atoms with Gasteiger partial charge in [-0.05, 0) is 38.4 Å². The van der Waals surface area contributed by atoms with E-state index in [1.54, 1.807) is 0 Å². The van der Waals surface area contributed by atoms with E-state index in [4.69, 9.17) is 23.2 Å². The summed E-state index contributed by atoms with van der Waals surface area (Å²) in [5.41, 5.74) is 0.847. The summed E-state index contributed by atoms with van der Waals surface area (Å²) in [5, 5.41) is 4.86. The highest BCUT2D eigenvalue weighted by atomic mass is 79.9. The highest BCUT2D eigenvalue weighted by molar-refractivity contribution is 9.10. The quantitative estimate of drug-likeness (QED) is 0.801. The number of nitrogens with zero attached hydrogens (tertiary/aromatic N) is 1. The average molecular weight is 366 g/mol. The minimum absolute atomic E-state index is 0.405. The number of anilines is 1. The maximum atomic E-state index is 6.28. The lowest BCUT2D eigenvalue weighted by atomic mass is 9.89. The molecule has 0 bridgehead atoms. The molecule has 2 nitrogen and oxygen atoms in total. The van der Waals surface area contributed by atoms with Gasteiger partial charge >= 0.3 is 0 Å². The van der Waals surface area contributed by atoms with Crippen LogP contribution in [0.2, 0.25) is 10.0 Å². The molecule has 1 saturated heterocycles. The van der Waals surface area contributed by atoms with Crippen molar-refractivity contribution in [2.24, 2.45) is 5.92 Å². The molecule has 1 aromatic rings. The molecule has 3 unspecified atom stereocenters. The van der Waals surface area contributed by atoms with E-state index in [1.165, 1.54) is 0 Å². The Hall–Kier alpha value is 0.0400. The zero-order valence-corrected chi connectivity index (χ0v) is 14.5. The average Bonchev–Trinajstić information content (AvgIpc) is 2.29. The van der Waals surface area contributed by atoms with E-state index in [9.17, 15) is 0 Å². The lowest BCUT2D eigenvalue weighted by Gasteiger charge is -2.40. The molecule has 5 heteroatoms. The second kappa shape index (κ2) is 6.21. The first-order valence-electron chi connectivity index (χ1n) is 6.49. The van der Waals surface area contributed by atoms with E-state index >= 15 is 0 Å². The van der Waals surface area contributed by atoms with E-state index in [0.29, 0.717) is 28.0 Å². The molecule has 0 radical (unpaired) electrons. The second-order valence-corrected chi connectivity index (χ2v) is 7.23. The predicted octanol–water partition coefficient (Wildman–Crippen LogP) is 4.90. The molecule has 2 rings (SSSR count). The third-order valence-electron chi connectivity index (χ3n) is 3.95. The van der Waals surface area contributed by atoms with Gasteiger partial charge in [0, 0.05) is 23.1 Å². The first kappa shape index (κ1) is 15.4. The standard InChI is InChI=1S/C14H19BrCl2N2/c1-8-7-19(3)9(2)4-13(8)18-14-11(16)5-10(15)6-12(14)17/h5-6,8-9,13,18H,4,7H2,1-3H3. The first-order valence-corrected chi connectivity index (χ1v) is 8.04. The van der Waals surface area contributed by atoms with Crippen LogP contribution in [0, 0.1) is 5.92 Å². The summed E-state index contributed by atoms with van der Waals surface area (Å²) >= 11 is 16.0. The fourth-order valence-corrected chi connectivity index (χ4v) is 3.93. The van der Waals surface area contributed by atoms with Crippen molar-refractivity contribution in [1.82, 2.24) is 4.90 Å². The summed E-state index contributed by atoms with van der Waals surface area (Å²) < 4.78 is 0.901. The lowest BCUT2D eigenvalue weighted by molar-refractivity contribution is 0.145. The molecule has 1 aliphatic rings. The van der Waals surface area contributed by atoms with Gasteiger partial charge in [-0.3, -0.25) is 0 Å². The number of hydrogen-bond donors (Lipinski definition) is 1. The Labute approximate surface area is 133 Å². The van der Waals surface area contributed by atoms with Crippen LogP contribution in [0.5, 0.6) is 0 Å². The molecule has 1 fully saturated rings. The van der Waals surface area contributed by atoms with Crippen LogP contribution in [0.3, 0.4) is 0 Å². The smallest absolute Gasteiger partial charge is 0.0722 e. The van der Waals surface area contributed by atoms with Gasteiger partial charge in [0.15, 0.2) is 0 Å². The van der Waals surface area contributed by atoms with Gasteiger partial charge in [-0.1, -0.05) is 46.1 Å². The van der Waals surface area contributed by atoms with Crippen molar-refractivity contribution in [3.8, 4) is 0 Å². The zero-order valence-electron chi connectivity index (χ0n) is 11.4. The predicted molar refractivity (Wildman–Crippen MR) is 87.4 cm³/mol. The van der Waals surface area contributed by atoms with E-state index < -0.39 is 0 Å². The maximum absolute atomic E-state index is 6.28. The van der Waals surface area contributed by atoms with Crippen LogP contribution in [0.1, 0.15) is 20.3 Å². The SMILES string of the molecule is CC1CN(C)C(C)CC1Nc1c(Cl)cc(Br)cc1Cl. The molecule has 19 heavy (non-hydrogen) atoms. The van der Waals surface area contributed by atoms with Gasteiger partial charge in [-0.25, -0.2) is 0 Å². The molecular weight excluding hydrogens is 347 g/mol. The Kier molecular flexibility index (Phi) is 5.04. The van der Waals surface area contributed by atoms with Gasteiger partial charge in [-0.2, -0.15) is 0 Å². The molecule has 0 aliphatic carbocycles. The van der Waals surface area contributed by atoms with Gasteiger partial charge in [0.1, 0.15) is 0 Å². The van der Waals surface area contributed by atoms with Crippen LogP contribution < -0.4 is 5.32 Å². The summed E-state index contributed by atoms with van der Waals surface area (Å²) in [7, 11) is 2.18. The number of hydrogen-bond acceptors (Lipinski definition) is 2. The van der Waals surface area contributed by atoms with Gasteiger partial charge in [0.05, 0.1) is 15.7 Å². The molecule has 0 spiro atoms. The number of likely N-dealkylation sites (tertiary alicyclic amines) is 1. The molecule has 0 saturated carbocycles. The molecule has 1 N–H and O–H groups in total. The number of benzene rings is 1. The highest BCUT2D eigenvalue weighted by Gasteiger charge is 2.29. The van der Waals surface area contributed by atoms with Crippen molar-refractivity contribution in [3.05, 3.63) is 26.7 Å². The van der Waals surface area contributed by atoms with Crippen molar-refractivity contribution < 1.29 is 0 Å². The Bertz CT molecular complexity index is 444. The van der Waals surface area contributed by atoms with E-state index in [0.717, 1.165) is 23.1 Å². The number of halogens is 3. The Morgan fingerprint density at radius 2 is 1.84 bits per heavy atom. The molecule has 1 heterocycles. The molecular formula is C14H19BrCl2N2. The van der Waals surface area contributed by atoms with Crippen molar-refractivity contribution in [2.75, 3.05) is 18.9 Å². The normalized spacial score (nSPS) is 28.4. The Balaban J connectivity index is 2.17. The third-order valence-corrected chi connectivity index (χ3v) is 5.00. The molecule has 1 aromatic carbocycles. The Morgan fingerprint density at radius 3 is 2.42 bits per heavy atom. The monoisotopic (exact) mass is 364 g/mol. The van der Waals surface area contributed by atoms with Crippen molar-refractivity contribution in [2.45, 2.75) is 32.4 Å². The summed E-state index contributed by atoms with van der Waals surface area (Å²) in [6.45, 7) is 5.61. The molecule has 0 amide bonds. The third kappa shape index (κ3) is 3.57. The van der Waals surface area contributed by atoms with Crippen LogP contribution >= 0.6 is 39.1 Å². The van der Waals surface area contributed by atoms with Crippen LogP contribution in [0.15, 0.2) is 16.6 Å². The highest BCUT2D eigenvalue weighted by Crippen LogP contribution is 2.36.